The maximum absolute atomic E-state index is 11.3. The molecule has 2 rings (SSSR count). The molecule has 1 saturated heterocycles. The summed E-state index contributed by atoms with van der Waals surface area (Å²) in [6.07, 6.45) is 1.65. The largest absolute Gasteiger partial charge is 0.707 e. The minimum atomic E-state index is -1.97. The van der Waals surface area contributed by atoms with Crippen LogP contribution in [0.15, 0.2) is 6.20 Å². The first kappa shape index (κ1) is 14.3. The molecule has 2 heterocycles. The standard InChI is InChI=1S/C10H15BN4O5/c1-19-9-7(20-11(17)18)6-13-10(14-9)15-4-2-8(16)12-3-5-15/h6,17-18H,2-5H2,1H3,(H,12,16). The van der Waals surface area contributed by atoms with Crippen LogP contribution in [0.3, 0.4) is 0 Å². The van der Waals surface area contributed by atoms with Crippen LogP contribution in [0.2, 0.25) is 0 Å². The zero-order chi connectivity index (χ0) is 14.5. The monoisotopic (exact) mass is 282 g/mol. The van der Waals surface area contributed by atoms with Crippen LogP contribution in [0.1, 0.15) is 6.42 Å². The molecule has 10 heteroatoms. The molecule has 0 atom stereocenters. The van der Waals surface area contributed by atoms with Crippen molar-refractivity contribution in [3.05, 3.63) is 6.20 Å². The maximum Gasteiger partial charge on any atom is 0.707 e. The van der Waals surface area contributed by atoms with Crippen molar-refractivity contribution in [3.8, 4) is 11.6 Å². The van der Waals surface area contributed by atoms with Gasteiger partial charge in [0.05, 0.1) is 13.3 Å². The van der Waals surface area contributed by atoms with E-state index in [1.165, 1.54) is 13.3 Å². The first-order valence-corrected chi connectivity index (χ1v) is 6.05. The Morgan fingerprint density at radius 1 is 1.45 bits per heavy atom. The Bertz CT molecular complexity index is 487. The van der Waals surface area contributed by atoms with Crippen molar-refractivity contribution in [2.45, 2.75) is 6.42 Å². The lowest BCUT2D eigenvalue weighted by Crippen LogP contribution is -2.30. The number of methoxy groups -OCH3 is 1. The summed E-state index contributed by atoms with van der Waals surface area (Å²) in [5.41, 5.74) is 0. The van der Waals surface area contributed by atoms with Gasteiger partial charge in [-0.1, -0.05) is 0 Å². The van der Waals surface area contributed by atoms with Crippen LogP contribution in [-0.2, 0) is 4.79 Å². The van der Waals surface area contributed by atoms with Crippen LogP contribution in [0, 0.1) is 0 Å². The number of nitrogens with one attached hydrogen (secondary N) is 1. The van der Waals surface area contributed by atoms with Crippen molar-refractivity contribution in [3.63, 3.8) is 0 Å². The fourth-order valence-corrected chi connectivity index (χ4v) is 1.81. The van der Waals surface area contributed by atoms with E-state index >= 15 is 0 Å². The molecule has 1 fully saturated rings. The number of aromatic nitrogens is 2. The molecular formula is C10H15BN4O5. The van der Waals surface area contributed by atoms with E-state index in [1.807, 2.05) is 4.90 Å². The highest BCUT2D eigenvalue weighted by Gasteiger charge is 2.20. The van der Waals surface area contributed by atoms with Gasteiger partial charge in [0.15, 0.2) is 5.75 Å². The fraction of sp³-hybridized carbons (Fsp3) is 0.500. The van der Waals surface area contributed by atoms with Gasteiger partial charge >= 0.3 is 7.32 Å². The zero-order valence-electron chi connectivity index (χ0n) is 10.9. The SMILES string of the molecule is COc1nc(N2CCNC(=O)CC2)ncc1OB(O)O. The van der Waals surface area contributed by atoms with Crippen molar-refractivity contribution in [1.29, 1.82) is 0 Å². The Labute approximate surface area is 115 Å². The lowest BCUT2D eigenvalue weighted by atomic mass is 10.2. The molecule has 1 aromatic rings. The summed E-state index contributed by atoms with van der Waals surface area (Å²) >= 11 is 0. The highest BCUT2D eigenvalue weighted by atomic mass is 16.6. The van der Waals surface area contributed by atoms with Crippen LogP contribution in [0.4, 0.5) is 5.95 Å². The summed E-state index contributed by atoms with van der Waals surface area (Å²) in [7, 11) is -0.589. The van der Waals surface area contributed by atoms with Gasteiger partial charge in [-0.05, 0) is 0 Å². The highest BCUT2D eigenvalue weighted by molar-refractivity contribution is 6.33. The van der Waals surface area contributed by atoms with Crippen LogP contribution in [0.5, 0.6) is 11.6 Å². The first-order chi connectivity index (χ1) is 9.60. The van der Waals surface area contributed by atoms with Crippen molar-refractivity contribution < 1.29 is 24.2 Å². The molecule has 1 aromatic heterocycles. The third kappa shape index (κ3) is 3.49. The molecule has 0 spiro atoms. The molecule has 108 valence electrons. The Hall–Kier alpha value is -2.07. The Balaban J connectivity index is 2.17. The predicted octanol–water partition coefficient (Wildman–Crippen LogP) is -1.84. The van der Waals surface area contributed by atoms with Crippen LogP contribution < -0.4 is 19.6 Å². The maximum atomic E-state index is 11.3. The van der Waals surface area contributed by atoms with E-state index in [-0.39, 0.29) is 17.5 Å². The third-order valence-corrected chi connectivity index (χ3v) is 2.73. The average Bonchev–Trinajstić information content (AvgIpc) is 2.63. The molecule has 0 saturated carbocycles. The van der Waals surface area contributed by atoms with Gasteiger partial charge in [0.2, 0.25) is 11.9 Å². The van der Waals surface area contributed by atoms with Gasteiger partial charge in [0.25, 0.3) is 5.88 Å². The summed E-state index contributed by atoms with van der Waals surface area (Å²) in [4.78, 5) is 21.3. The van der Waals surface area contributed by atoms with Crippen LogP contribution in [0.25, 0.3) is 0 Å². The molecule has 0 radical (unpaired) electrons. The van der Waals surface area contributed by atoms with Gasteiger partial charge in [-0.15, -0.1) is 0 Å². The summed E-state index contributed by atoms with van der Waals surface area (Å²) < 4.78 is 9.72. The molecule has 1 amide bonds. The van der Waals surface area contributed by atoms with Crippen molar-refractivity contribution in [1.82, 2.24) is 15.3 Å². The van der Waals surface area contributed by atoms with Crippen LogP contribution >= 0.6 is 0 Å². The zero-order valence-corrected chi connectivity index (χ0v) is 10.9. The second kappa shape index (κ2) is 6.39. The summed E-state index contributed by atoms with van der Waals surface area (Å²) in [6, 6.07) is 0. The predicted molar refractivity (Wildman–Crippen MR) is 69.2 cm³/mol. The number of amides is 1. The average molecular weight is 282 g/mol. The summed E-state index contributed by atoms with van der Waals surface area (Å²) in [6.45, 7) is 1.59. The van der Waals surface area contributed by atoms with Gasteiger partial charge in [-0.3, -0.25) is 4.79 Å². The number of hydrogen-bond donors (Lipinski definition) is 3. The number of carbonyl (C=O) groups is 1. The van der Waals surface area contributed by atoms with E-state index < -0.39 is 7.32 Å². The number of ether oxygens (including phenoxy) is 1. The minimum absolute atomic E-state index is 0.0113. The molecule has 1 aliphatic rings. The second-order valence-electron chi connectivity index (χ2n) is 4.07. The fourth-order valence-electron chi connectivity index (χ4n) is 1.81. The number of anilines is 1. The van der Waals surface area contributed by atoms with E-state index in [4.69, 9.17) is 19.4 Å². The number of hydrogen-bond acceptors (Lipinski definition) is 8. The smallest absolute Gasteiger partial charge is 0.507 e. The molecular weight excluding hydrogens is 267 g/mol. The third-order valence-electron chi connectivity index (χ3n) is 2.73. The molecule has 0 aromatic carbocycles. The summed E-state index contributed by atoms with van der Waals surface area (Å²) in [5.74, 6) is 0.489. The Morgan fingerprint density at radius 3 is 2.95 bits per heavy atom. The number of carbonyl (C=O) groups excluding carboxylic acids is 1. The topological polar surface area (TPSA) is 117 Å². The summed E-state index contributed by atoms with van der Waals surface area (Å²) in [5, 5.41) is 20.3. The molecule has 1 aliphatic heterocycles. The molecule has 3 N–H and O–H groups in total. The molecule has 9 nitrogen and oxygen atoms in total. The molecule has 0 unspecified atom stereocenters. The molecule has 20 heavy (non-hydrogen) atoms. The highest BCUT2D eigenvalue weighted by Crippen LogP contribution is 2.26. The first-order valence-electron chi connectivity index (χ1n) is 6.05. The molecule has 0 aliphatic carbocycles. The van der Waals surface area contributed by atoms with Crippen molar-refractivity contribution in [2.24, 2.45) is 0 Å². The number of rotatable bonds is 4. The van der Waals surface area contributed by atoms with E-state index in [1.54, 1.807) is 0 Å². The van der Waals surface area contributed by atoms with Gasteiger partial charge < -0.3 is 29.7 Å². The van der Waals surface area contributed by atoms with Gasteiger partial charge in [0, 0.05) is 26.1 Å². The quantitative estimate of drug-likeness (QED) is 0.551. The minimum Gasteiger partial charge on any atom is -0.507 e. The molecule has 0 bridgehead atoms. The Kier molecular flexibility index (Phi) is 4.59. The lowest BCUT2D eigenvalue weighted by Gasteiger charge is -2.20. The van der Waals surface area contributed by atoms with Gasteiger partial charge in [0.1, 0.15) is 0 Å². The van der Waals surface area contributed by atoms with Gasteiger partial charge in [-0.25, -0.2) is 4.98 Å². The Morgan fingerprint density at radius 2 is 2.25 bits per heavy atom. The van der Waals surface area contributed by atoms with E-state index in [0.717, 1.165) is 0 Å². The van der Waals surface area contributed by atoms with E-state index in [0.29, 0.717) is 32.0 Å². The van der Waals surface area contributed by atoms with Crippen molar-refractivity contribution in [2.75, 3.05) is 31.6 Å². The number of nitrogens with zero attached hydrogens (tertiary/aromatic N) is 3. The van der Waals surface area contributed by atoms with E-state index in [9.17, 15) is 4.79 Å². The van der Waals surface area contributed by atoms with Crippen molar-refractivity contribution >= 4 is 19.2 Å². The van der Waals surface area contributed by atoms with Gasteiger partial charge in [-0.2, -0.15) is 4.98 Å². The van der Waals surface area contributed by atoms with E-state index in [2.05, 4.69) is 15.3 Å². The second-order valence-corrected chi connectivity index (χ2v) is 4.07. The lowest BCUT2D eigenvalue weighted by molar-refractivity contribution is -0.120. The normalized spacial score (nSPS) is 15.3. The van der Waals surface area contributed by atoms with Crippen LogP contribution in [-0.4, -0.2) is 60.0 Å².